The van der Waals surface area contributed by atoms with Crippen molar-refractivity contribution in [2.45, 2.75) is 27.2 Å². The van der Waals surface area contributed by atoms with Crippen LogP contribution in [0.3, 0.4) is 0 Å². The van der Waals surface area contributed by atoms with Crippen molar-refractivity contribution in [3.63, 3.8) is 0 Å². The number of anilines is 2. The molecule has 2 aromatic rings. The van der Waals surface area contributed by atoms with Gasteiger partial charge in [-0.15, -0.1) is 0 Å². The van der Waals surface area contributed by atoms with Crippen LogP contribution in [0, 0.1) is 19.8 Å². The molecule has 0 spiro atoms. The lowest BCUT2D eigenvalue weighted by atomic mass is 10.1. The number of nitrogens with zero attached hydrogens (tertiary/aromatic N) is 1. The third kappa shape index (κ3) is 3.87. The van der Waals surface area contributed by atoms with Crippen LogP contribution in [0.5, 0.6) is 5.75 Å². The van der Waals surface area contributed by atoms with Gasteiger partial charge in [-0.2, -0.15) is 0 Å². The quantitative estimate of drug-likeness (QED) is 0.893. The summed E-state index contributed by atoms with van der Waals surface area (Å²) < 4.78 is 5.43. The molecule has 0 aromatic heterocycles. The molecule has 1 fully saturated rings. The smallest absolute Gasteiger partial charge is 0.229 e. The highest BCUT2D eigenvalue weighted by Crippen LogP contribution is 2.28. The minimum atomic E-state index is -0.351. The molecule has 0 radical (unpaired) electrons. The first-order chi connectivity index (χ1) is 12.5. The van der Waals surface area contributed by atoms with Gasteiger partial charge in [-0.1, -0.05) is 6.07 Å². The monoisotopic (exact) mass is 352 g/mol. The zero-order valence-electron chi connectivity index (χ0n) is 15.4. The maximum atomic E-state index is 12.6. The Balaban J connectivity index is 1.66. The lowest BCUT2D eigenvalue weighted by molar-refractivity contribution is -0.122. The number of amides is 2. The highest BCUT2D eigenvalue weighted by Gasteiger charge is 2.35. The fraction of sp³-hybridized carbons (Fsp3) is 0.333. The average molecular weight is 352 g/mol. The number of carbonyl (C=O) groups is 2. The number of aryl methyl sites for hydroxylation is 2. The van der Waals surface area contributed by atoms with Crippen LogP contribution in [0.2, 0.25) is 0 Å². The van der Waals surface area contributed by atoms with Crippen molar-refractivity contribution in [2.24, 2.45) is 5.92 Å². The minimum absolute atomic E-state index is 0.0330. The molecule has 1 aliphatic heterocycles. The average Bonchev–Trinajstić information content (AvgIpc) is 3.01. The molecule has 2 amide bonds. The fourth-order valence-corrected chi connectivity index (χ4v) is 3.09. The summed E-state index contributed by atoms with van der Waals surface area (Å²) in [6.45, 7) is 6.96. The van der Waals surface area contributed by atoms with Gasteiger partial charge in [0, 0.05) is 24.3 Å². The molecular weight excluding hydrogens is 328 g/mol. The van der Waals surface area contributed by atoms with E-state index < -0.39 is 0 Å². The van der Waals surface area contributed by atoms with E-state index in [-0.39, 0.29) is 24.2 Å². The molecule has 0 bridgehead atoms. The summed E-state index contributed by atoms with van der Waals surface area (Å²) in [4.78, 5) is 26.6. The van der Waals surface area contributed by atoms with E-state index in [0.717, 1.165) is 22.7 Å². The number of rotatable bonds is 5. The third-order valence-electron chi connectivity index (χ3n) is 4.73. The first kappa shape index (κ1) is 18.0. The molecule has 2 aromatic carbocycles. The first-order valence-electron chi connectivity index (χ1n) is 8.89. The van der Waals surface area contributed by atoms with Crippen LogP contribution in [0.25, 0.3) is 0 Å². The Morgan fingerprint density at radius 2 is 1.88 bits per heavy atom. The van der Waals surface area contributed by atoms with Crippen LogP contribution in [0.15, 0.2) is 42.5 Å². The molecule has 3 rings (SSSR count). The van der Waals surface area contributed by atoms with Crippen LogP contribution in [-0.2, 0) is 9.59 Å². The zero-order valence-corrected chi connectivity index (χ0v) is 15.4. The van der Waals surface area contributed by atoms with Crippen LogP contribution >= 0.6 is 0 Å². The molecule has 1 atom stereocenters. The molecule has 1 heterocycles. The van der Waals surface area contributed by atoms with E-state index in [0.29, 0.717) is 13.2 Å². The summed E-state index contributed by atoms with van der Waals surface area (Å²) in [6, 6.07) is 13.2. The van der Waals surface area contributed by atoms with Gasteiger partial charge in [0.1, 0.15) is 5.75 Å². The largest absolute Gasteiger partial charge is 0.494 e. The van der Waals surface area contributed by atoms with Gasteiger partial charge in [0.2, 0.25) is 11.8 Å². The number of ether oxygens (including phenoxy) is 1. The van der Waals surface area contributed by atoms with Crippen LogP contribution in [0.1, 0.15) is 24.5 Å². The topological polar surface area (TPSA) is 58.6 Å². The second kappa shape index (κ2) is 7.60. The summed E-state index contributed by atoms with van der Waals surface area (Å²) in [7, 11) is 0. The maximum Gasteiger partial charge on any atom is 0.229 e. The molecule has 5 heteroatoms. The molecule has 0 aliphatic carbocycles. The highest BCUT2D eigenvalue weighted by molar-refractivity contribution is 6.03. The number of hydrogen-bond acceptors (Lipinski definition) is 3. The van der Waals surface area contributed by atoms with Crippen molar-refractivity contribution in [3.05, 3.63) is 53.6 Å². The van der Waals surface area contributed by atoms with E-state index in [4.69, 9.17) is 4.74 Å². The van der Waals surface area contributed by atoms with E-state index in [1.165, 1.54) is 5.56 Å². The fourth-order valence-electron chi connectivity index (χ4n) is 3.09. The predicted molar refractivity (Wildman–Crippen MR) is 103 cm³/mol. The van der Waals surface area contributed by atoms with Gasteiger partial charge in [0.15, 0.2) is 0 Å². The number of hydrogen-bond donors (Lipinski definition) is 1. The zero-order chi connectivity index (χ0) is 18.7. The molecule has 1 saturated heterocycles. The summed E-state index contributed by atoms with van der Waals surface area (Å²) >= 11 is 0. The number of benzene rings is 2. The third-order valence-corrected chi connectivity index (χ3v) is 4.73. The Hall–Kier alpha value is -2.82. The Morgan fingerprint density at radius 1 is 1.15 bits per heavy atom. The van der Waals surface area contributed by atoms with Gasteiger partial charge >= 0.3 is 0 Å². The van der Waals surface area contributed by atoms with Crippen LogP contribution < -0.4 is 15.0 Å². The lowest BCUT2D eigenvalue weighted by Crippen LogP contribution is -2.28. The predicted octanol–water partition coefficient (Wildman–Crippen LogP) is 3.69. The summed E-state index contributed by atoms with van der Waals surface area (Å²) in [5.74, 6) is 0.270. The molecule has 0 saturated carbocycles. The molecule has 5 nitrogen and oxygen atoms in total. The maximum absolute atomic E-state index is 12.6. The lowest BCUT2D eigenvalue weighted by Gasteiger charge is -2.17. The molecule has 1 unspecified atom stereocenters. The Bertz CT molecular complexity index is 815. The second-order valence-electron chi connectivity index (χ2n) is 6.62. The van der Waals surface area contributed by atoms with E-state index in [1.807, 2.05) is 63.2 Å². The van der Waals surface area contributed by atoms with Gasteiger partial charge in [-0.25, -0.2) is 0 Å². The van der Waals surface area contributed by atoms with Gasteiger partial charge in [-0.05, 0) is 68.3 Å². The van der Waals surface area contributed by atoms with Gasteiger partial charge in [0.25, 0.3) is 0 Å². The normalized spacial score (nSPS) is 16.7. The number of nitrogens with one attached hydrogen (secondary N) is 1. The van der Waals surface area contributed by atoms with E-state index >= 15 is 0 Å². The Morgan fingerprint density at radius 3 is 2.54 bits per heavy atom. The van der Waals surface area contributed by atoms with Crippen molar-refractivity contribution in [1.29, 1.82) is 0 Å². The van der Waals surface area contributed by atoms with E-state index in [9.17, 15) is 9.59 Å². The summed E-state index contributed by atoms with van der Waals surface area (Å²) in [5, 5.41) is 2.93. The van der Waals surface area contributed by atoms with Crippen molar-refractivity contribution >= 4 is 23.2 Å². The van der Waals surface area contributed by atoms with E-state index in [1.54, 1.807) is 4.90 Å². The Kier molecular flexibility index (Phi) is 5.26. The standard InChI is InChI=1S/C21H24N2O3/c1-4-26-19-9-7-18(8-10-19)23-13-16(12-20(23)24)21(25)22-17-6-5-14(2)15(3)11-17/h5-11,16H,4,12-13H2,1-3H3,(H,22,25). The number of carbonyl (C=O) groups excluding carboxylic acids is 2. The molecule has 1 N–H and O–H groups in total. The van der Waals surface area contributed by atoms with Crippen molar-refractivity contribution in [1.82, 2.24) is 0 Å². The SMILES string of the molecule is CCOc1ccc(N2CC(C(=O)Nc3ccc(C)c(C)c3)CC2=O)cc1. The van der Waals surface area contributed by atoms with Crippen LogP contribution in [0.4, 0.5) is 11.4 Å². The van der Waals surface area contributed by atoms with Gasteiger partial charge < -0.3 is 15.0 Å². The highest BCUT2D eigenvalue weighted by atomic mass is 16.5. The molecule has 26 heavy (non-hydrogen) atoms. The molecular formula is C21H24N2O3. The van der Waals surface area contributed by atoms with Crippen LogP contribution in [-0.4, -0.2) is 25.0 Å². The Labute approximate surface area is 154 Å². The summed E-state index contributed by atoms with van der Waals surface area (Å²) in [5.41, 5.74) is 3.87. The van der Waals surface area contributed by atoms with Crippen molar-refractivity contribution in [2.75, 3.05) is 23.4 Å². The van der Waals surface area contributed by atoms with Gasteiger partial charge in [0.05, 0.1) is 12.5 Å². The second-order valence-corrected chi connectivity index (χ2v) is 6.62. The minimum Gasteiger partial charge on any atom is -0.494 e. The first-order valence-corrected chi connectivity index (χ1v) is 8.89. The van der Waals surface area contributed by atoms with Crippen molar-refractivity contribution in [3.8, 4) is 5.75 Å². The van der Waals surface area contributed by atoms with Crippen molar-refractivity contribution < 1.29 is 14.3 Å². The van der Waals surface area contributed by atoms with E-state index in [2.05, 4.69) is 5.32 Å². The molecule has 136 valence electrons. The molecule has 1 aliphatic rings. The summed E-state index contributed by atoms with van der Waals surface area (Å²) in [6.07, 6.45) is 0.226. The van der Waals surface area contributed by atoms with Gasteiger partial charge in [-0.3, -0.25) is 9.59 Å².